The lowest BCUT2D eigenvalue weighted by Crippen LogP contribution is -2.39. The van der Waals surface area contributed by atoms with Crippen molar-refractivity contribution in [1.29, 1.82) is 0 Å². The van der Waals surface area contributed by atoms with E-state index < -0.39 is 10.0 Å². The van der Waals surface area contributed by atoms with Crippen LogP contribution in [0.15, 0.2) is 53.4 Å². The van der Waals surface area contributed by atoms with Crippen LogP contribution in [0.3, 0.4) is 0 Å². The molecular formula is C19H22FN3O4S. The number of rotatable bonds is 6. The van der Waals surface area contributed by atoms with Crippen molar-refractivity contribution in [1.82, 2.24) is 4.90 Å². The maximum atomic E-state index is 13.1. The number of carbonyl (C=O) groups excluding carboxylic acids is 1. The molecule has 150 valence electrons. The smallest absolute Gasteiger partial charge is 0.238 e. The molecule has 0 bridgehead atoms. The highest BCUT2D eigenvalue weighted by Gasteiger charge is 2.22. The molecule has 0 aromatic heterocycles. The minimum absolute atomic E-state index is 0.0550. The largest absolute Gasteiger partial charge is 0.371 e. The van der Waals surface area contributed by atoms with Gasteiger partial charge in [-0.3, -0.25) is 9.69 Å². The van der Waals surface area contributed by atoms with E-state index in [1.807, 2.05) is 0 Å². The Morgan fingerprint density at radius 3 is 2.71 bits per heavy atom. The number of primary sulfonamides is 1. The topological polar surface area (TPSA) is 102 Å². The Bertz CT molecular complexity index is 934. The first-order valence-corrected chi connectivity index (χ1v) is 10.4. The zero-order valence-electron chi connectivity index (χ0n) is 15.2. The molecule has 1 aliphatic heterocycles. The highest BCUT2D eigenvalue weighted by molar-refractivity contribution is 7.89. The fourth-order valence-corrected chi connectivity index (χ4v) is 3.58. The van der Waals surface area contributed by atoms with Crippen LogP contribution in [0, 0.1) is 5.82 Å². The van der Waals surface area contributed by atoms with Gasteiger partial charge in [0, 0.05) is 31.7 Å². The number of nitrogens with two attached hydrogens (primary N) is 1. The van der Waals surface area contributed by atoms with Crippen LogP contribution in [-0.4, -0.2) is 45.5 Å². The second-order valence-corrected chi connectivity index (χ2v) is 8.14. The molecule has 3 rings (SSSR count). The van der Waals surface area contributed by atoms with Gasteiger partial charge in [-0.15, -0.1) is 0 Å². The van der Waals surface area contributed by atoms with Gasteiger partial charge >= 0.3 is 0 Å². The van der Waals surface area contributed by atoms with Crippen molar-refractivity contribution in [2.45, 2.75) is 17.4 Å². The maximum absolute atomic E-state index is 13.1. The van der Waals surface area contributed by atoms with Crippen LogP contribution in [0.25, 0.3) is 0 Å². The van der Waals surface area contributed by atoms with E-state index in [0.29, 0.717) is 31.9 Å². The number of benzene rings is 2. The first kappa shape index (κ1) is 20.4. The summed E-state index contributed by atoms with van der Waals surface area (Å²) in [6.45, 7) is 2.37. The van der Waals surface area contributed by atoms with Gasteiger partial charge < -0.3 is 10.1 Å². The fraction of sp³-hybridized carbons (Fsp3) is 0.316. The molecule has 0 saturated carbocycles. The number of nitrogens with zero attached hydrogens (tertiary/aromatic N) is 1. The molecule has 9 heteroatoms. The third kappa shape index (κ3) is 5.59. The van der Waals surface area contributed by atoms with E-state index in [9.17, 15) is 17.6 Å². The summed E-state index contributed by atoms with van der Waals surface area (Å²) >= 11 is 0. The number of carbonyl (C=O) groups is 1. The van der Waals surface area contributed by atoms with E-state index in [2.05, 4.69) is 10.2 Å². The molecule has 2 aromatic carbocycles. The number of anilines is 1. The first-order chi connectivity index (χ1) is 13.3. The molecule has 3 N–H and O–H groups in total. The minimum atomic E-state index is -3.82. The highest BCUT2D eigenvalue weighted by atomic mass is 32.2. The highest BCUT2D eigenvalue weighted by Crippen LogP contribution is 2.22. The number of sulfonamides is 1. The average Bonchev–Trinajstić information content (AvgIpc) is 2.67. The number of halogens is 1. The second-order valence-electron chi connectivity index (χ2n) is 6.58. The first-order valence-electron chi connectivity index (χ1n) is 8.83. The van der Waals surface area contributed by atoms with Crippen LogP contribution in [0.1, 0.15) is 18.1 Å². The molecule has 0 aliphatic carbocycles. The van der Waals surface area contributed by atoms with E-state index in [1.54, 1.807) is 18.2 Å². The van der Waals surface area contributed by atoms with Crippen molar-refractivity contribution < 1.29 is 22.3 Å². The number of ether oxygens (including phenoxy) is 1. The van der Waals surface area contributed by atoms with Gasteiger partial charge in [-0.2, -0.15) is 0 Å². The van der Waals surface area contributed by atoms with Crippen LogP contribution in [0.2, 0.25) is 0 Å². The normalized spacial score (nSPS) is 18.0. The quantitative estimate of drug-likeness (QED) is 0.761. The van der Waals surface area contributed by atoms with E-state index in [0.717, 1.165) is 5.56 Å². The minimum Gasteiger partial charge on any atom is -0.371 e. The summed E-state index contributed by atoms with van der Waals surface area (Å²) in [5, 5.41) is 7.79. The SMILES string of the molecule is NS(=O)(=O)c1cccc(NC(=O)CCN2CCO[C@H](c3ccc(F)cc3)C2)c1. The van der Waals surface area contributed by atoms with Gasteiger partial charge in [0.1, 0.15) is 5.82 Å². The van der Waals surface area contributed by atoms with Crippen molar-refractivity contribution >= 4 is 21.6 Å². The standard InChI is InChI=1S/C19H22FN3O4S/c20-15-6-4-14(5-7-15)18-13-23(10-11-27-18)9-8-19(24)22-16-2-1-3-17(12-16)28(21,25)26/h1-7,12,18H,8-11,13H2,(H,22,24)(H2,21,25,26)/t18-/m0/s1. The second kappa shape index (κ2) is 8.78. The van der Waals surface area contributed by atoms with Gasteiger partial charge in [0.05, 0.1) is 17.6 Å². The predicted octanol–water partition coefficient (Wildman–Crippen LogP) is 1.88. The summed E-state index contributed by atoms with van der Waals surface area (Å²) < 4.78 is 41.6. The number of morpholine rings is 1. The third-order valence-corrected chi connectivity index (χ3v) is 5.40. The molecule has 1 heterocycles. The molecule has 2 aromatic rings. The molecule has 0 radical (unpaired) electrons. The Balaban J connectivity index is 1.52. The Morgan fingerprint density at radius 2 is 2.00 bits per heavy atom. The van der Waals surface area contributed by atoms with Crippen LogP contribution < -0.4 is 10.5 Å². The van der Waals surface area contributed by atoms with Crippen LogP contribution in [-0.2, 0) is 19.6 Å². The molecule has 1 fully saturated rings. The van der Waals surface area contributed by atoms with Crippen molar-refractivity contribution in [3.05, 3.63) is 59.9 Å². The van der Waals surface area contributed by atoms with Gasteiger partial charge in [0.25, 0.3) is 0 Å². The summed E-state index contributed by atoms with van der Waals surface area (Å²) in [6, 6.07) is 12.0. The van der Waals surface area contributed by atoms with Crippen LogP contribution >= 0.6 is 0 Å². The number of hydrogen-bond acceptors (Lipinski definition) is 5. The molecule has 0 unspecified atom stereocenters. The maximum Gasteiger partial charge on any atom is 0.238 e. The van der Waals surface area contributed by atoms with Crippen molar-refractivity contribution in [3.8, 4) is 0 Å². The van der Waals surface area contributed by atoms with Gasteiger partial charge in [-0.25, -0.2) is 17.9 Å². The molecule has 0 spiro atoms. The zero-order chi connectivity index (χ0) is 20.1. The van der Waals surface area contributed by atoms with E-state index in [-0.39, 0.29) is 29.1 Å². The molecular weight excluding hydrogens is 385 g/mol. The van der Waals surface area contributed by atoms with Crippen molar-refractivity contribution in [2.75, 3.05) is 31.6 Å². The van der Waals surface area contributed by atoms with Crippen molar-refractivity contribution in [3.63, 3.8) is 0 Å². The van der Waals surface area contributed by atoms with Crippen LogP contribution in [0.5, 0.6) is 0 Å². The lowest BCUT2D eigenvalue weighted by Gasteiger charge is -2.33. The van der Waals surface area contributed by atoms with Crippen molar-refractivity contribution in [2.24, 2.45) is 5.14 Å². The number of hydrogen-bond donors (Lipinski definition) is 2. The molecule has 1 amide bonds. The Labute approximate surface area is 163 Å². The Morgan fingerprint density at radius 1 is 1.25 bits per heavy atom. The summed E-state index contributed by atoms with van der Waals surface area (Å²) in [7, 11) is -3.82. The average molecular weight is 407 g/mol. The lowest BCUT2D eigenvalue weighted by molar-refractivity contribution is -0.117. The van der Waals surface area contributed by atoms with Gasteiger partial charge in [0.2, 0.25) is 15.9 Å². The molecule has 7 nitrogen and oxygen atoms in total. The van der Waals surface area contributed by atoms with Gasteiger partial charge in [-0.1, -0.05) is 18.2 Å². The van der Waals surface area contributed by atoms with E-state index >= 15 is 0 Å². The predicted molar refractivity (Wildman–Crippen MR) is 103 cm³/mol. The Hall–Kier alpha value is -2.33. The summed E-state index contributed by atoms with van der Waals surface area (Å²) in [5.74, 6) is -0.518. The van der Waals surface area contributed by atoms with E-state index in [4.69, 9.17) is 9.88 Å². The monoisotopic (exact) mass is 407 g/mol. The number of nitrogens with one attached hydrogen (secondary N) is 1. The fourth-order valence-electron chi connectivity index (χ4n) is 3.02. The van der Waals surface area contributed by atoms with Crippen LogP contribution in [0.4, 0.5) is 10.1 Å². The zero-order valence-corrected chi connectivity index (χ0v) is 16.0. The lowest BCUT2D eigenvalue weighted by atomic mass is 10.1. The summed E-state index contributed by atoms with van der Waals surface area (Å²) in [5.41, 5.74) is 1.28. The van der Waals surface area contributed by atoms with Gasteiger partial charge in [-0.05, 0) is 35.9 Å². The summed E-state index contributed by atoms with van der Waals surface area (Å²) in [4.78, 5) is 14.3. The van der Waals surface area contributed by atoms with Gasteiger partial charge in [0.15, 0.2) is 0 Å². The Kier molecular flexibility index (Phi) is 6.40. The molecule has 1 aliphatic rings. The molecule has 28 heavy (non-hydrogen) atoms. The number of amides is 1. The molecule has 1 saturated heterocycles. The third-order valence-electron chi connectivity index (χ3n) is 4.49. The molecule has 1 atom stereocenters. The summed E-state index contributed by atoms with van der Waals surface area (Å²) in [6.07, 6.45) is 0.0827. The van der Waals surface area contributed by atoms with E-state index in [1.165, 1.54) is 30.3 Å².